The number of benzene rings is 3. The van der Waals surface area contributed by atoms with Crippen LogP contribution in [0.2, 0.25) is 0 Å². The number of rotatable bonds is 4. The highest BCUT2D eigenvalue weighted by molar-refractivity contribution is 5.91. The van der Waals surface area contributed by atoms with E-state index >= 15 is 0 Å². The molecule has 0 saturated heterocycles. The van der Waals surface area contributed by atoms with Gasteiger partial charge in [-0.3, -0.25) is 0 Å². The second kappa shape index (κ2) is 7.15. The molecule has 0 radical (unpaired) electrons. The number of nitrogens with zero attached hydrogens (tertiary/aromatic N) is 4. The quantitative estimate of drug-likeness (QED) is 0.425. The summed E-state index contributed by atoms with van der Waals surface area (Å²) in [5, 5.41) is 4.41. The fraction of sp³-hybridized carbons (Fsp3) is 0.125. The van der Waals surface area contributed by atoms with E-state index < -0.39 is 0 Å². The van der Waals surface area contributed by atoms with Crippen molar-refractivity contribution in [1.82, 2.24) is 19.5 Å². The molecular formula is C24H21N5O. The predicted molar refractivity (Wildman–Crippen MR) is 120 cm³/mol. The van der Waals surface area contributed by atoms with Crippen molar-refractivity contribution < 1.29 is 4.74 Å². The molecule has 0 fully saturated rings. The molecule has 2 heterocycles. The average molecular weight is 395 g/mol. The zero-order chi connectivity index (χ0) is 20.7. The Bertz CT molecular complexity index is 1390. The van der Waals surface area contributed by atoms with Crippen LogP contribution in [-0.2, 0) is 7.05 Å². The molecule has 0 unspecified atom stereocenters. The first-order valence-corrected chi connectivity index (χ1v) is 9.75. The number of nitrogens with one attached hydrogen (secondary N) is 1. The first kappa shape index (κ1) is 18.1. The number of anilines is 2. The maximum Gasteiger partial charge on any atom is 0.141 e. The molecule has 30 heavy (non-hydrogen) atoms. The van der Waals surface area contributed by atoms with Crippen molar-refractivity contribution in [3.05, 3.63) is 78.4 Å². The van der Waals surface area contributed by atoms with Crippen LogP contribution in [0.5, 0.6) is 11.5 Å². The zero-order valence-corrected chi connectivity index (χ0v) is 17.0. The molecular weight excluding hydrogens is 374 g/mol. The Morgan fingerprint density at radius 3 is 2.63 bits per heavy atom. The van der Waals surface area contributed by atoms with Gasteiger partial charge in [0.2, 0.25) is 0 Å². The molecule has 0 saturated carbocycles. The van der Waals surface area contributed by atoms with Crippen LogP contribution in [0, 0.1) is 13.8 Å². The maximum absolute atomic E-state index is 6.12. The van der Waals surface area contributed by atoms with Crippen molar-refractivity contribution in [2.45, 2.75) is 13.8 Å². The van der Waals surface area contributed by atoms with Gasteiger partial charge < -0.3 is 14.6 Å². The molecule has 0 aliphatic heterocycles. The molecule has 0 aliphatic rings. The van der Waals surface area contributed by atoms with Gasteiger partial charge in [-0.05, 0) is 61.9 Å². The third-order valence-electron chi connectivity index (χ3n) is 5.15. The first-order valence-electron chi connectivity index (χ1n) is 9.75. The van der Waals surface area contributed by atoms with Gasteiger partial charge in [-0.15, -0.1) is 0 Å². The van der Waals surface area contributed by atoms with E-state index in [0.29, 0.717) is 0 Å². The molecule has 5 rings (SSSR count). The summed E-state index contributed by atoms with van der Waals surface area (Å²) in [6, 6.07) is 18.1. The van der Waals surface area contributed by atoms with Crippen LogP contribution in [0.4, 0.5) is 11.5 Å². The van der Waals surface area contributed by atoms with E-state index in [1.807, 2.05) is 54.9 Å². The average Bonchev–Trinajstić information content (AvgIpc) is 3.11. The van der Waals surface area contributed by atoms with Crippen LogP contribution in [0.3, 0.4) is 0 Å². The summed E-state index contributed by atoms with van der Waals surface area (Å²) in [7, 11) is 1.98. The molecule has 0 aliphatic carbocycles. The second-order valence-electron chi connectivity index (χ2n) is 7.46. The minimum absolute atomic E-state index is 0.766. The predicted octanol–water partition coefficient (Wildman–Crippen LogP) is 5.67. The van der Waals surface area contributed by atoms with Crippen molar-refractivity contribution >= 4 is 33.4 Å². The van der Waals surface area contributed by atoms with E-state index in [4.69, 9.17) is 4.74 Å². The van der Waals surface area contributed by atoms with Gasteiger partial charge in [-0.1, -0.05) is 11.6 Å². The van der Waals surface area contributed by atoms with Crippen LogP contribution in [0.1, 0.15) is 11.1 Å². The SMILES string of the molecule is Cc1ccc2ncnc(Nc3ccc(Oc4ccc5c(c4)ncn5C)c(C)c3)c2c1. The van der Waals surface area contributed by atoms with Gasteiger partial charge >= 0.3 is 0 Å². The lowest BCUT2D eigenvalue weighted by Gasteiger charge is -2.13. The molecule has 0 amide bonds. The maximum atomic E-state index is 6.12. The van der Waals surface area contributed by atoms with Crippen molar-refractivity contribution in [2.24, 2.45) is 7.05 Å². The fourth-order valence-corrected chi connectivity index (χ4v) is 3.55. The van der Waals surface area contributed by atoms with E-state index in [1.165, 1.54) is 5.56 Å². The monoisotopic (exact) mass is 395 g/mol. The summed E-state index contributed by atoms with van der Waals surface area (Å²) in [6.45, 7) is 4.09. The van der Waals surface area contributed by atoms with Gasteiger partial charge in [-0.2, -0.15) is 0 Å². The van der Waals surface area contributed by atoms with E-state index in [1.54, 1.807) is 12.7 Å². The van der Waals surface area contributed by atoms with Crippen LogP contribution < -0.4 is 10.1 Å². The van der Waals surface area contributed by atoms with Crippen molar-refractivity contribution in [2.75, 3.05) is 5.32 Å². The van der Waals surface area contributed by atoms with Crippen molar-refractivity contribution in [3.8, 4) is 11.5 Å². The van der Waals surface area contributed by atoms with Crippen molar-refractivity contribution in [3.63, 3.8) is 0 Å². The number of aromatic nitrogens is 4. The highest BCUT2D eigenvalue weighted by Crippen LogP contribution is 2.31. The Morgan fingerprint density at radius 1 is 0.867 bits per heavy atom. The summed E-state index contributed by atoms with van der Waals surface area (Å²) in [5.74, 6) is 2.36. The minimum atomic E-state index is 0.766. The molecule has 0 bridgehead atoms. The van der Waals surface area contributed by atoms with Crippen LogP contribution >= 0.6 is 0 Å². The lowest BCUT2D eigenvalue weighted by atomic mass is 10.1. The highest BCUT2D eigenvalue weighted by atomic mass is 16.5. The summed E-state index contributed by atoms with van der Waals surface area (Å²) in [4.78, 5) is 13.2. The number of aryl methyl sites for hydroxylation is 3. The molecule has 6 nitrogen and oxygen atoms in total. The van der Waals surface area contributed by atoms with Crippen LogP contribution in [0.15, 0.2) is 67.3 Å². The Kier molecular flexibility index (Phi) is 4.32. The van der Waals surface area contributed by atoms with Crippen molar-refractivity contribution in [1.29, 1.82) is 0 Å². The zero-order valence-electron chi connectivity index (χ0n) is 17.0. The Hall–Kier alpha value is -3.93. The summed E-state index contributed by atoms with van der Waals surface area (Å²) in [5.41, 5.74) is 6.05. The molecule has 0 spiro atoms. The normalized spacial score (nSPS) is 11.2. The Balaban J connectivity index is 1.41. The Labute approximate surface area is 174 Å². The number of imidazole rings is 1. The third-order valence-corrected chi connectivity index (χ3v) is 5.15. The number of fused-ring (bicyclic) bond motifs is 2. The third kappa shape index (κ3) is 3.33. The highest BCUT2D eigenvalue weighted by Gasteiger charge is 2.08. The topological polar surface area (TPSA) is 64.9 Å². The number of hydrogen-bond donors (Lipinski definition) is 1. The van der Waals surface area contributed by atoms with Gasteiger partial charge in [0.15, 0.2) is 0 Å². The molecule has 3 aromatic carbocycles. The van der Waals surface area contributed by atoms with E-state index in [2.05, 4.69) is 45.4 Å². The van der Waals surface area contributed by atoms with Gasteiger partial charge in [0.25, 0.3) is 0 Å². The molecule has 1 N–H and O–H groups in total. The first-order chi connectivity index (χ1) is 14.6. The molecule has 2 aromatic heterocycles. The van der Waals surface area contributed by atoms with E-state index in [0.717, 1.165) is 50.5 Å². The lowest BCUT2D eigenvalue weighted by molar-refractivity contribution is 0.479. The largest absolute Gasteiger partial charge is 0.457 e. The summed E-state index contributed by atoms with van der Waals surface area (Å²) in [6.07, 6.45) is 3.39. The van der Waals surface area contributed by atoms with Crippen LogP contribution in [0.25, 0.3) is 21.9 Å². The standard InChI is InChI=1S/C24H21N5O/c1-15-4-7-20-19(10-15)24(26-13-25-20)28-17-5-9-23(16(2)11-17)30-18-6-8-22-21(12-18)27-14-29(22)3/h4-14H,1-3H3,(H,25,26,28). The lowest BCUT2D eigenvalue weighted by Crippen LogP contribution is -1.97. The second-order valence-corrected chi connectivity index (χ2v) is 7.46. The number of ether oxygens (including phenoxy) is 1. The molecule has 148 valence electrons. The molecule has 0 atom stereocenters. The van der Waals surface area contributed by atoms with Gasteiger partial charge in [0, 0.05) is 24.2 Å². The number of hydrogen-bond acceptors (Lipinski definition) is 5. The van der Waals surface area contributed by atoms with Crippen LogP contribution in [-0.4, -0.2) is 19.5 Å². The smallest absolute Gasteiger partial charge is 0.141 e. The van der Waals surface area contributed by atoms with E-state index in [-0.39, 0.29) is 0 Å². The van der Waals surface area contributed by atoms with Gasteiger partial charge in [-0.25, -0.2) is 15.0 Å². The van der Waals surface area contributed by atoms with Gasteiger partial charge in [0.05, 0.1) is 22.9 Å². The molecule has 6 heteroatoms. The summed E-state index contributed by atoms with van der Waals surface area (Å²) < 4.78 is 8.10. The molecule has 5 aromatic rings. The van der Waals surface area contributed by atoms with Gasteiger partial charge in [0.1, 0.15) is 23.6 Å². The minimum Gasteiger partial charge on any atom is -0.457 e. The summed E-state index contributed by atoms with van der Waals surface area (Å²) >= 11 is 0. The fourth-order valence-electron chi connectivity index (χ4n) is 3.55. The van der Waals surface area contributed by atoms with E-state index in [9.17, 15) is 0 Å². The Morgan fingerprint density at radius 2 is 1.77 bits per heavy atom.